The molecule has 6 heteroatoms. The highest BCUT2D eigenvalue weighted by molar-refractivity contribution is 5.87. The van der Waals surface area contributed by atoms with Crippen molar-refractivity contribution in [1.29, 1.82) is 0 Å². The zero-order chi connectivity index (χ0) is 22.1. The van der Waals surface area contributed by atoms with Crippen LogP contribution in [0.1, 0.15) is 77.2 Å². The minimum absolute atomic E-state index is 0.230. The largest absolute Gasteiger partial charge is 0.466 e. The molecule has 6 nitrogen and oxygen atoms in total. The lowest BCUT2D eigenvalue weighted by Crippen LogP contribution is -2.37. The molecule has 0 heterocycles. The SMILES string of the molecule is C=C(CC(CC)OOC1(CC)CCC(c2ccc(OC(C)=O)cc2)CC1)C(=O)OC. The summed E-state index contributed by atoms with van der Waals surface area (Å²) in [5.41, 5.74) is 1.32. The molecule has 0 spiro atoms. The highest BCUT2D eigenvalue weighted by Gasteiger charge is 2.37. The molecule has 0 radical (unpaired) electrons. The molecule has 1 unspecified atom stereocenters. The number of ether oxygens (including phenoxy) is 2. The Kier molecular flexibility index (Phi) is 9.06. The molecule has 1 aliphatic rings. The standard InChI is InChI=1S/C24H34O6/c1-6-21(16-17(3)23(26)27-5)29-30-24(7-2)14-12-20(13-15-24)19-8-10-22(11-9-19)28-18(4)25/h8-11,20-21H,3,6-7,12-16H2,1-2,4-5H3. The molecule has 0 N–H and O–H groups in total. The predicted octanol–water partition coefficient (Wildman–Crippen LogP) is 5.26. The van der Waals surface area contributed by atoms with E-state index in [0.29, 0.717) is 30.1 Å². The summed E-state index contributed by atoms with van der Waals surface area (Å²) in [6, 6.07) is 7.76. The van der Waals surface area contributed by atoms with Gasteiger partial charge in [0, 0.05) is 18.9 Å². The summed E-state index contributed by atoms with van der Waals surface area (Å²) in [6.45, 7) is 9.28. The van der Waals surface area contributed by atoms with Crippen molar-refractivity contribution in [2.75, 3.05) is 7.11 Å². The molecule has 1 aromatic rings. The molecule has 1 atom stereocenters. The summed E-state index contributed by atoms with van der Waals surface area (Å²) in [7, 11) is 1.35. The fourth-order valence-corrected chi connectivity index (χ4v) is 3.87. The molecule has 0 saturated heterocycles. The first-order chi connectivity index (χ1) is 14.3. The summed E-state index contributed by atoms with van der Waals surface area (Å²) < 4.78 is 9.82. The first-order valence-electron chi connectivity index (χ1n) is 10.7. The Bertz CT molecular complexity index is 716. The van der Waals surface area contributed by atoms with Crippen LogP contribution < -0.4 is 4.74 Å². The van der Waals surface area contributed by atoms with Crippen LogP contribution in [0.3, 0.4) is 0 Å². The molecule has 0 amide bonds. The molecule has 30 heavy (non-hydrogen) atoms. The van der Waals surface area contributed by atoms with Gasteiger partial charge >= 0.3 is 11.9 Å². The molecule has 1 aromatic carbocycles. The lowest BCUT2D eigenvalue weighted by Gasteiger charge is -2.39. The van der Waals surface area contributed by atoms with Crippen LogP contribution in [0, 0.1) is 0 Å². The number of benzene rings is 1. The van der Waals surface area contributed by atoms with E-state index in [1.807, 2.05) is 31.2 Å². The second-order valence-corrected chi connectivity index (χ2v) is 7.98. The highest BCUT2D eigenvalue weighted by atomic mass is 17.2. The van der Waals surface area contributed by atoms with Crippen LogP contribution >= 0.6 is 0 Å². The van der Waals surface area contributed by atoms with E-state index in [1.54, 1.807) is 0 Å². The maximum atomic E-state index is 11.6. The third kappa shape index (κ3) is 6.67. The van der Waals surface area contributed by atoms with Crippen molar-refractivity contribution in [3.63, 3.8) is 0 Å². The predicted molar refractivity (Wildman–Crippen MR) is 114 cm³/mol. The van der Waals surface area contributed by atoms with Gasteiger partial charge in [-0.1, -0.05) is 32.6 Å². The number of esters is 2. The van der Waals surface area contributed by atoms with Gasteiger partial charge in [0.05, 0.1) is 13.2 Å². The number of carbonyl (C=O) groups is 2. The molecule has 0 aromatic heterocycles. The van der Waals surface area contributed by atoms with Gasteiger partial charge in [-0.3, -0.25) is 4.79 Å². The summed E-state index contributed by atoms with van der Waals surface area (Å²) in [6.07, 6.45) is 5.52. The first kappa shape index (κ1) is 24.1. The van der Waals surface area contributed by atoms with Crippen LogP contribution in [0.25, 0.3) is 0 Å². The fourth-order valence-electron chi connectivity index (χ4n) is 3.87. The van der Waals surface area contributed by atoms with Gasteiger partial charge in [-0.15, -0.1) is 0 Å². The van der Waals surface area contributed by atoms with Crippen molar-refractivity contribution in [2.24, 2.45) is 0 Å². The van der Waals surface area contributed by atoms with Crippen molar-refractivity contribution in [3.05, 3.63) is 42.0 Å². The van der Waals surface area contributed by atoms with Crippen LogP contribution in [0.2, 0.25) is 0 Å². The lowest BCUT2D eigenvalue weighted by molar-refractivity contribution is -0.391. The molecule has 166 valence electrons. The minimum Gasteiger partial charge on any atom is -0.466 e. The van der Waals surface area contributed by atoms with Gasteiger partial charge in [-0.25, -0.2) is 14.6 Å². The third-order valence-electron chi connectivity index (χ3n) is 5.92. The van der Waals surface area contributed by atoms with Crippen molar-refractivity contribution in [3.8, 4) is 5.75 Å². The molecule has 1 fully saturated rings. The topological polar surface area (TPSA) is 71.1 Å². The average Bonchev–Trinajstić information content (AvgIpc) is 2.76. The van der Waals surface area contributed by atoms with Crippen molar-refractivity contribution < 1.29 is 28.8 Å². The Morgan fingerprint density at radius 1 is 1.17 bits per heavy atom. The van der Waals surface area contributed by atoms with E-state index in [2.05, 4.69) is 13.5 Å². The van der Waals surface area contributed by atoms with E-state index >= 15 is 0 Å². The highest BCUT2D eigenvalue weighted by Crippen LogP contribution is 2.42. The van der Waals surface area contributed by atoms with Crippen LogP contribution in [0.15, 0.2) is 36.4 Å². The second kappa shape index (κ2) is 11.3. The van der Waals surface area contributed by atoms with Gasteiger partial charge in [-0.2, -0.15) is 0 Å². The number of rotatable bonds is 10. The van der Waals surface area contributed by atoms with Crippen molar-refractivity contribution >= 4 is 11.9 Å². The Balaban J connectivity index is 1.90. The van der Waals surface area contributed by atoms with Crippen LogP contribution in [0.5, 0.6) is 5.75 Å². The van der Waals surface area contributed by atoms with E-state index in [9.17, 15) is 9.59 Å². The van der Waals surface area contributed by atoms with Crippen LogP contribution in [-0.4, -0.2) is 30.8 Å². The van der Waals surface area contributed by atoms with Crippen molar-refractivity contribution in [1.82, 2.24) is 0 Å². The number of hydrogen-bond donors (Lipinski definition) is 0. The van der Waals surface area contributed by atoms with E-state index in [1.165, 1.54) is 19.6 Å². The fraction of sp³-hybridized carbons (Fsp3) is 0.583. The quantitative estimate of drug-likeness (QED) is 0.170. The Morgan fingerprint density at radius 2 is 1.80 bits per heavy atom. The summed E-state index contributed by atoms with van der Waals surface area (Å²) in [5.74, 6) is 0.287. The molecule has 1 aliphatic carbocycles. The van der Waals surface area contributed by atoms with Gasteiger partial charge in [0.15, 0.2) is 0 Å². The normalized spacial score (nSPS) is 22.2. The molecule has 0 aliphatic heterocycles. The monoisotopic (exact) mass is 418 g/mol. The number of methoxy groups -OCH3 is 1. The molecular weight excluding hydrogens is 384 g/mol. The van der Waals surface area contributed by atoms with Gasteiger partial charge in [-0.05, 0) is 62.1 Å². The zero-order valence-corrected chi connectivity index (χ0v) is 18.6. The molecule has 0 bridgehead atoms. The van der Waals surface area contributed by atoms with Gasteiger partial charge in [0.25, 0.3) is 0 Å². The number of hydrogen-bond acceptors (Lipinski definition) is 6. The van der Waals surface area contributed by atoms with E-state index < -0.39 is 5.97 Å². The molecule has 1 saturated carbocycles. The number of carbonyl (C=O) groups excluding carboxylic acids is 2. The zero-order valence-electron chi connectivity index (χ0n) is 18.6. The third-order valence-corrected chi connectivity index (χ3v) is 5.92. The average molecular weight is 419 g/mol. The van der Waals surface area contributed by atoms with Gasteiger partial charge in [0.2, 0.25) is 0 Å². The first-order valence-corrected chi connectivity index (χ1v) is 10.7. The lowest BCUT2D eigenvalue weighted by atomic mass is 9.75. The van der Waals surface area contributed by atoms with Gasteiger partial charge < -0.3 is 9.47 Å². The molecule has 2 rings (SSSR count). The maximum absolute atomic E-state index is 11.6. The second-order valence-electron chi connectivity index (χ2n) is 7.98. The van der Waals surface area contributed by atoms with E-state index in [0.717, 1.165) is 32.1 Å². The Morgan fingerprint density at radius 3 is 2.30 bits per heavy atom. The summed E-state index contributed by atoms with van der Waals surface area (Å²) >= 11 is 0. The van der Waals surface area contributed by atoms with E-state index in [4.69, 9.17) is 19.2 Å². The summed E-state index contributed by atoms with van der Waals surface area (Å²) in [4.78, 5) is 34.4. The van der Waals surface area contributed by atoms with Gasteiger partial charge in [0.1, 0.15) is 11.4 Å². The minimum atomic E-state index is -0.414. The molecular formula is C24H34O6. The van der Waals surface area contributed by atoms with Crippen molar-refractivity contribution in [2.45, 2.75) is 83.3 Å². The maximum Gasteiger partial charge on any atom is 0.333 e. The Hall–Kier alpha value is -2.18. The summed E-state index contributed by atoms with van der Waals surface area (Å²) in [5, 5.41) is 0. The smallest absolute Gasteiger partial charge is 0.333 e. The van der Waals surface area contributed by atoms with E-state index in [-0.39, 0.29) is 17.7 Å². The van der Waals surface area contributed by atoms with Crippen LogP contribution in [-0.2, 0) is 24.1 Å². The van der Waals surface area contributed by atoms with Crippen LogP contribution in [0.4, 0.5) is 0 Å². The Labute approximate surface area is 179 Å².